The molecule has 1 radical (unpaired) electrons. The molecule has 0 fully saturated rings. The van der Waals surface area contributed by atoms with E-state index in [4.69, 9.17) is 24.0 Å². The Morgan fingerprint density at radius 2 is 1.17 bits per heavy atom. The fraction of sp³-hybridized carbons (Fsp3) is 0.667. The Labute approximate surface area is 182 Å². The van der Waals surface area contributed by atoms with Crippen molar-refractivity contribution in [1.29, 1.82) is 0 Å². The smallest absolute Gasteiger partial charge is 0.376 e. The topological polar surface area (TPSA) is 63.2 Å². The molecule has 0 bridgehead atoms. The van der Waals surface area contributed by atoms with Crippen molar-refractivity contribution in [2.75, 3.05) is 27.9 Å². The van der Waals surface area contributed by atoms with Crippen LogP contribution in [0.5, 0.6) is 17.2 Å². The number of rotatable bonds is 18. The summed E-state index contributed by atoms with van der Waals surface area (Å²) in [5.41, 5.74) is 0.224. The van der Waals surface area contributed by atoms with Crippen LogP contribution in [0.25, 0.3) is 0 Å². The van der Waals surface area contributed by atoms with E-state index in [1.807, 2.05) is 0 Å². The summed E-state index contributed by atoms with van der Waals surface area (Å²) in [6.45, 7) is 4.26. The average molecular weight is 424 g/mol. The van der Waals surface area contributed by atoms with E-state index in [0.29, 0.717) is 23.9 Å². The summed E-state index contributed by atoms with van der Waals surface area (Å²) in [6, 6.07) is 3.10. The number of carbonyl (C=O) groups excluding carboxylic acids is 1. The summed E-state index contributed by atoms with van der Waals surface area (Å²) in [7, 11) is 4.50. The molecule has 1 rings (SSSR count). The van der Waals surface area contributed by atoms with Gasteiger partial charge in [0, 0.05) is 12.1 Å². The van der Waals surface area contributed by atoms with Gasteiger partial charge in [0.15, 0.2) is 11.5 Å². The molecular weight excluding hydrogens is 384 g/mol. The standard InChI is InChI=1S/C24H39O6/c1-5-6-7-8-9-10-11-12-13-14-15-16-17-29-30-24(25)20-18-22(27-3)23(28-4)19-21(20)26-2/h18-19H,1,5-17H2,2-4H3. The van der Waals surface area contributed by atoms with Gasteiger partial charge < -0.3 is 14.2 Å². The molecule has 0 saturated heterocycles. The van der Waals surface area contributed by atoms with Gasteiger partial charge in [0.25, 0.3) is 0 Å². The van der Waals surface area contributed by atoms with Crippen molar-refractivity contribution in [3.05, 3.63) is 24.6 Å². The van der Waals surface area contributed by atoms with Gasteiger partial charge in [-0.05, 0) is 6.42 Å². The molecule has 6 nitrogen and oxygen atoms in total. The van der Waals surface area contributed by atoms with Gasteiger partial charge in [-0.1, -0.05) is 77.6 Å². The van der Waals surface area contributed by atoms with Crippen LogP contribution in [0.3, 0.4) is 0 Å². The van der Waals surface area contributed by atoms with Crippen LogP contribution in [0, 0.1) is 6.92 Å². The van der Waals surface area contributed by atoms with E-state index in [1.54, 1.807) is 6.07 Å². The zero-order valence-electron chi connectivity index (χ0n) is 19.0. The molecule has 0 unspecified atom stereocenters. The quantitative estimate of drug-likeness (QED) is 0.156. The molecule has 0 heterocycles. The minimum absolute atomic E-state index is 0.224. The molecule has 6 heteroatoms. The normalized spacial score (nSPS) is 10.7. The lowest BCUT2D eigenvalue weighted by Crippen LogP contribution is -2.09. The van der Waals surface area contributed by atoms with E-state index in [9.17, 15) is 4.79 Å². The van der Waals surface area contributed by atoms with Crippen molar-refractivity contribution in [1.82, 2.24) is 0 Å². The number of ether oxygens (including phenoxy) is 3. The molecule has 0 spiro atoms. The number of unbranched alkanes of at least 4 members (excludes halogenated alkanes) is 11. The molecule has 0 saturated carbocycles. The van der Waals surface area contributed by atoms with Crippen LogP contribution in [-0.2, 0) is 9.78 Å². The zero-order valence-corrected chi connectivity index (χ0v) is 19.0. The molecule has 1 aromatic carbocycles. The largest absolute Gasteiger partial charge is 0.496 e. The first-order chi connectivity index (χ1) is 14.7. The SMILES string of the molecule is [CH2]CCCCCCCCCCCCCOOC(=O)c1cc(OC)c(OC)cc1OC. The van der Waals surface area contributed by atoms with E-state index < -0.39 is 5.97 Å². The second-order valence-electron chi connectivity index (χ2n) is 7.34. The van der Waals surface area contributed by atoms with E-state index in [-0.39, 0.29) is 5.56 Å². The molecule has 0 amide bonds. The Kier molecular flexibility index (Phi) is 14.6. The van der Waals surface area contributed by atoms with Gasteiger partial charge in [0.1, 0.15) is 11.3 Å². The lowest BCUT2D eigenvalue weighted by atomic mass is 10.1. The average Bonchev–Trinajstić information content (AvgIpc) is 2.78. The maximum atomic E-state index is 12.3. The summed E-state index contributed by atoms with van der Waals surface area (Å²) in [4.78, 5) is 22.3. The highest BCUT2D eigenvalue weighted by Crippen LogP contribution is 2.34. The fourth-order valence-corrected chi connectivity index (χ4v) is 3.26. The van der Waals surface area contributed by atoms with Crippen molar-refractivity contribution in [2.45, 2.75) is 77.0 Å². The molecule has 0 atom stereocenters. The van der Waals surface area contributed by atoms with Crippen LogP contribution in [-0.4, -0.2) is 33.9 Å². The number of benzene rings is 1. The third-order valence-electron chi connectivity index (χ3n) is 5.04. The van der Waals surface area contributed by atoms with Crippen molar-refractivity contribution in [3.8, 4) is 17.2 Å². The van der Waals surface area contributed by atoms with Gasteiger partial charge in [-0.15, -0.1) is 0 Å². The summed E-state index contributed by atoms with van der Waals surface area (Å²) in [6.07, 6.45) is 14.7. The maximum Gasteiger partial charge on any atom is 0.376 e. The van der Waals surface area contributed by atoms with Crippen molar-refractivity contribution < 1.29 is 28.8 Å². The number of methoxy groups -OCH3 is 3. The predicted octanol–water partition coefficient (Wildman–Crippen LogP) is 6.32. The Balaban J connectivity index is 2.14. The van der Waals surface area contributed by atoms with Crippen LogP contribution in [0.15, 0.2) is 12.1 Å². The summed E-state index contributed by atoms with van der Waals surface area (Å²) in [5, 5.41) is 0. The van der Waals surface area contributed by atoms with E-state index in [1.165, 1.54) is 85.2 Å². The minimum Gasteiger partial charge on any atom is -0.496 e. The van der Waals surface area contributed by atoms with Crippen LogP contribution < -0.4 is 14.2 Å². The number of carbonyl (C=O) groups is 1. The maximum absolute atomic E-state index is 12.3. The molecular formula is C24H39O6. The summed E-state index contributed by atoms with van der Waals surface area (Å²) >= 11 is 0. The van der Waals surface area contributed by atoms with E-state index >= 15 is 0 Å². The highest BCUT2D eigenvalue weighted by atomic mass is 17.2. The van der Waals surface area contributed by atoms with Gasteiger partial charge in [0.2, 0.25) is 0 Å². The van der Waals surface area contributed by atoms with Crippen molar-refractivity contribution >= 4 is 5.97 Å². The van der Waals surface area contributed by atoms with Crippen LogP contribution in [0.2, 0.25) is 0 Å². The Morgan fingerprint density at radius 3 is 1.67 bits per heavy atom. The second kappa shape index (κ2) is 16.8. The fourth-order valence-electron chi connectivity index (χ4n) is 3.26. The highest BCUT2D eigenvalue weighted by molar-refractivity contribution is 5.93. The van der Waals surface area contributed by atoms with Crippen LogP contribution >= 0.6 is 0 Å². The van der Waals surface area contributed by atoms with E-state index in [0.717, 1.165) is 19.3 Å². The lowest BCUT2D eigenvalue weighted by Gasteiger charge is -2.13. The van der Waals surface area contributed by atoms with Gasteiger partial charge in [-0.3, -0.25) is 4.89 Å². The summed E-state index contributed by atoms with van der Waals surface area (Å²) in [5.74, 6) is 0.607. The van der Waals surface area contributed by atoms with Crippen molar-refractivity contribution in [3.63, 3.8) is 0 Å². The number of hydrogen-bond donors (Lipinski definition) is 0. The number of hydrogen-bond acceptors (Lipinski definition) is 6. The molecule has 0 aromatic heterocycles. The highest BCUT2D eigenvalue weighted by Gasteiger charge is 2.19. The van der Waals surface area contributed by atoms with Gasteiger partial charge in [-0.25, -0.2) is 4.79 Å². The molecule has 0 aliphatic carbocycles. The molecule has 0 aliphatic heterocycles. The molecule has 0 N–H and O–H groups in total. The summed E-state index contributed by atoms with van der Waals surface area (Å²) < 4.78 is 15.7. The molecule has 30 heavy (non-hydrogen) atoms. The molecule has 1 aromatic rings. The van der Waals surface area contributed by atoms with Crippen molar-refractivity contribution in [2.24, 2.45) is 0 Å². The predicted molar refractivity (Wildman–Crippen MR) is 118 cm³/mol. The minimum atomic E-state index is -0.622. The first-order valence-electron chi connectivity index (χ1n) is 11.1. The van der Waals surface area contributed by atoms with Gasteiger partial charge in [0.05, 0.1) is 27.9 Å². The first kappa shape index (κ1) is 26.1. The van der Waals surface area contributed by atoms with E-state index in [2.05, 4.69) is 6.92 Å². The van der Waals surface area contributed by atoms with Crippen LogP contribution in [0.1, 0.15) is 87.4 Å². The van der Waals surface area contributed by atoms with Gasteiger partial charge >= 0.3 is 5.97 Å². The second-order valence-corrected chi connectivity index (χ2v) is 7.34. The lowest BCUT2D eigenvalue weighted by molar-refractivity contribution is -0.241. The first-order valence-corrected chi connectivity index (χ1v) is 11.1. The van der Waals surface area contributed by atoms with Crippen LogP contribution in [0.4, 0.5) is 0 Å². The van der Waals surface area contributed by atoms with Gasteiger partial charge in [-0.2, -0.15) is 4.89 Å². The Bertz CT molecular complexity index is 587. The zero-order chi connectivity index (χ0) is 22.0. The third kappa shape index (κ3) is 10.2. The monoisotopic (exact) mass is 423 g/mol. The Hall–Kier alpha value is -1.95. The molecule has 171 valence electrons. The molecule has 0 aliphatic rings. The Morgan fingerprint density at radius 1 is 0.700 bits per heavy atom. The third-order valence-corrected chi connectivity index (χ3v) is 5.04.